The number of rotatable bonds is 4. The summed E-state index contributed by atoms with van der Waals surface area (Å²) in [5.41, 5.74) is 1.72. The van der Waals surface area contributed by atoms with Gasteiger partial charge in [-0.05, 0) is 12.0 Å². The van der Waals surface area contributed by atoms with E-state index < -0.39 is 4.92 Å². The van der Waals surface area contributed by atoms with Crippen LogP contribution in [0.2, 0.25) is 10.0 Å². The first-order chi connectivity index (χ1) is 10.1. The number of hydrogen-bond donors (Lipinski definition) is 1. The summed E-state index contributed by atoms with van der Waals surface area (Å²) in [6, 6.07) is 13.1. The van der Waals surface area contributed by atoms with Gasteiger partial charge in [-0.25, -0.2) is 0 Å². The number of anilines is 1. The van der Waals surface area contributed by atoms with Crippen LogP contribution < -0.4 is 5.32 Å². The molecule has 3 rings (SSSR count). The third-order valence-electron chi connectivity index (χ3n) is 3.59. The summed E-state index contributed by atoms with van der Waals surface area (Å²) in [6.07, 6.45) is 0.994. The summed E-state index contributed by atoms with van der Waals surface area (Å²) in [4.78, 5) is 10.2. The first kappa shape index (κ1) is 14.2. The van der Waals surface area contributed by atoms with Crippen molar-refractivity contribution in [1.29, 1.82) is 0 Å². The molecule has 2 unspecified atom stereocenters. The van der Waals surface area contributed by atoms with E-state index in [1.807, 2.05) is 18.2 Å². The molecule has 0 saturated heterocycles. The van der Waals surface area contributed by atoms with Gasteiger partial charge in [0.05, 0.1) is 20.7 Å². The topological polar surface area (TPSA) is 55.2 Å². The highest BCUT2D eigenvalue weighted by molar-refractivity contribution is 6.39. The molecular weight excluding hydrogens is 311 g/mol. The molecule has 1 N–H and O–H groups in total. The van der Waals surface area contributed by atoms with Gasteiger partial charge in [0.25, 0.3) is 5.69 Å². The van der Waals surface area contributed by atoms with Gasteiger partial charge in [0.2, 0.25) is 0 Å². The van der Waals surface area contributed by atoms with Crippen LogP contribution in [0, 0.1) is 10.1 Å². The zero-order valence-electron chi connectivity index (χ0n) is 10.9. The molecule has 2 aromatic rings. The van der Waals surface area contributed by atoms with Crippen molar-refractivity contribution in [2.45, 2.75) is 18.4 Å². The zero-order valence-corrected chi connectivity index (χ0v) is 12.4. The Bertz CT molecular complexity index is 668. The van der Waals surface area contributed by atoms with Crippen LogP contribution in [0.25, 0.3) is 0 Å². The third-order valence-corrected chi connectivity index (χ3v) is 4.18. The van der Waals surface area contributed by atoms with Crippen LogP contribution in [0.1, 0.15) is 17.9 Å². The second-order valence-corrected chi connectivity index (χ2v) is 5.86. The molecule has 2 atom stereocenters. The third kappa shape index (κ3) is 2.96. The molecule has 0 aromatic heterocycles. The summed E-state index contributed by atoms with van der Waals surface area (Å²) in [5.74, 6) is 0.425. The van der Waals surface area contributed by atoms with E-state index in [0.717, 1.165) is 6.42 Å². The maximum atomic E-state index is 10.8. The lowest BCUT2D eigenvalue weighted by Gasteiger charge is -2.10. The molecule has 2 aromatic carbocycles. The standard InChI is InChI=1S/C15H12Cl2N2O2/c16-12-6-10(19(20)21)7-13(17)15(12)18-14-8-11(14)9-4-2-1-3-5-9/h1-7,11,14,18H,8H2. The Morgan fingerprint density at radius 1 is 1.14 bits per heavy atom. The molecule has 1 aliphatic carbocycles. The number of nitrogens with zero attached hydrogens (tertiary/aromatic N) is 1. The molecule has 1 fully saturated rings. The quantitative estimate of drug-likeness (QED) is 0.645. The molecule has 1 saturated carbocycles. The predicted molar refractivity (Wildman–Crippen MR) is 84.3 cm³/mol. The van der Waals surface area contributed by atoms with E-state index in [4.69, 9.17) is 23.2 Å². The van der Waals surface area contributed by atoms with Crippen molar-refractivity contribution in [3.63, 3.8) is 0 Å². The normalized spacial score (nSPS) is 20.1. The van der Waals surface area contributed by atoms with Gasteiger partial charge in [-0.1, -0.05) is 53.5 Å². The summed E-state index contributed by atoms with van der Waals surface area (Å²) < 4.78 is 0. The Morgan fingerprint density at radius 3 is 2.33 bits per heavy atom. The summed E-state index contributed by atoms with van der Waals surface area (Å²) in [7, 11) is 0. The largest absolute Gasteiger partial charge is 0.379 e. The molecule has 0 spiro atoms. The molecule has 1 aliphatic rings. The fourth-order valence-electron chi connectivity index (χ4n) is 2.41. The van der Waals surface area contributed by atoms with Gasteiger partial charge in [0.1, 0.15) is 0 Å². The van der Waals surface area contributed by atoms with Gasteiger partial charge in [0, 0.05) is 24.1 Å². The fourth-order valence-corrected chi connectivity index (χ4v) is 3.00. The molecule has 6 heteroatoms. The second kappa shape index (κ2) is 5.54. The average molecular weight is 323 g/mol. The highest BCUT2D eigenvalue weighted by Gasteiger charge is 2.39. The molecule has 4 nitrogen and oxygen atoms in total. The van der Waals surface area contributed by atoms with Gasteiger partial charge < -0.3 is 5.32 Å². The molecule has 0 amide bonds. The average Bonchev–Trinajstić information content (AvgIpc) is 3.23. The van der Waals surface area contributed by atoms with E-state index in [-0.39, 0.29) is 21.8 Å². The van der Waals surface area contributed by atoms with Crippen molar-refractivity contribution in [3.8, 4) is 0 Å². The van der Waals surface area contributed by atoms with Gasteiger partial charge in [-0.3, -0.25) is 10.1 Å². The zero-order chi connectivity index (χ0) is 15.0. The number of nitro benzene ring substituents is 1. The molecular formula is C15H12Cl2N2O2. The molecule has 0 radical (unpaired) electrons. The number of nitro groups is 1. The Morgan fingerprint density at radius 2 is 1.76 bits per heavy atom. The van der Waals surface area contributed by atoms with Crippen molar-refractivity contribution < 1.29 is 4.92 Å². The minimum atomic E-state index is -0.508. The van der Waals surface area contributed by atoms with Crippen LogP contribution in [-0.2, 0) is 0 Å². The number of halogens is 2. The van der Waals surface area contributed by atoms with Gasteiger partial charge >= 0.3 is 0 Å². The van der Waals surface area contributed by atoms with E-state index >= 15 is 0 Å². The molecule has 0 bridgehead atoms. The van der Waals surface area contributed by atoms with Crippen LogP contribution in [0.5, 0.6) is 0 Å². The number of non-ortho nitro benzene ring substituents is 1. The van der Waals surface area contributed by atoms with E-state index in [2.05, 4.69) is 17.4 Å². The van der Waals surface area contributed by atoms with Crippen molar-refractivity contribution in [1.82, 2.24) is 0 Å². The maximum absolute atomic E-state index is 10.8. The highest BCUT2D eigenvalue weighted by atomic mass is 35.5. The molecule has 21 heavy (non-hydrogen) atoms. The lowest BCUT2D eigenvalue weighted by Crippen LogP contribution is -2.05. The second-order valence-electron chi connectivity index (χ2n) is 5.05. The van der Waals surface area contributed by atoms with Gasteiger partial charge in [-0.2, -0.15) is 0 Å². The smallest absolute Gasteiger partial charge is 0.272 e. The van der Waals surface area contributed by atoms with Crippen LogP contribution in [0.3, 0.4) is 0 Å². The molecule has 0 heterocycles. The molecule has 108 valence electrons. The molecule has 0 aliphatic heterocycles. The Labute approximate surface area is 131 Å². The number of benzene rings is 2. The van der Waals surface area contributed by atoms with E-state index in [1.165, 1.54) is 17.7 Å². The predicted octanol–water partition coefficient (Wildman–Crippen LogP) is 4.87. The van der Waals surface area contributed by atoms with Crippen LogP contribution in [0.15, 0.2) is 42.5 Å². The highest BCUT2D eigenvalue weighted by Crippen LogP contribution is 2.45. The number of hydrogen-bond acceptors (Lipinski definition) is 3. The van der Waals surface area contributed by atoms with Crippen LogP contribution in [0.4, 0.5) is 11.4 Å². The van der Waals surface area contributed by atoms with Gasteiger partial charge in [0.15, 0.2) is 0 Å². The van der Waals surface area contributed by atoms with Crippen molar-refractivity contribution in [2.75, 3.05) is 5.32 Å². The lowest BCUT2D eigenvalue weighted by atomic mass is 10.1. The van der Waals surface area contributed by atoms with Crippen molar-refractivity contribution in [2.24, 2.45) is 0 Å². The minimum Gasteiger partial charge on any atom is -0.379 e. The Balaban J connectivity index is 1.77. The first-order valence-electron chi connectivity index (χ1n) is 6.51. The monoisotopic (exact) mass is 322 g/mol. The summed E-state index contributed by atoms with van der Waals surface area (Å²) in [5, 5.41) is 14.6. The summed E-state index contributed by atoms with van der Waals surface area (Å²) in [6.45, 7) is 0. The Hall–Kier alpha value is -1.78. The first-order valence-corrected chi connectivity index (χ1v) is 7.27. The summed E-state index contributed by atoms with van der Waals surface area (Å²) >= 11 is 12.2. The van der Waals surface area contributed by atoms with Gasteiger partial charge in [-0.15, -0.1) is 0 Å². The lowest BCUT2D eigenvalue weighted by molar-refractivity contribution is -0.384. The SMILES string of the molecule is O=[N+]([O-])c1cc(Cl)c(NC2CC2c2ccccc2)c(Cl)c1. The van der Waals surface area contributed by atoms with E-state index in [9.17, 15) is 10.1 Å². The van der Waals surface area contributed by atoms with E-state index in [0.29, 0.717) is 11.6 Å². The van der Waals surface area contributed by atoms with Crippen LogP contribution in [-0.4, -0.2) is 11.0 Å². The van der Waals surface area contributed by atoms with E-state index in [1.54, 1.807) is 0 Å². The Kier molecular flexibility index (Phi) is 3.74. The van der Waals surface area contributed by atoms with Crippen molar-refractivity contribution in [3.05, 3.63) is 68.2 Å². The minimum absolute atomic E-state index is 0.106. The van der Waals surface area contributed by atoms with Crippen molar-refractivity contribution >= 4 is 34.6 Å². The number of nitrogens with one attached hydrogen (secondary N) is 1. The maximum Gasteiger partial charge on any atom is 0.272 e. The fraction of sp³-hybridized carbons (Fsp3) is 0.200. The van der Waals surface area contributed by atoms with Crippen LogP contribution >= 0.6 is 23.2 Å².